The van der Waals surface area contributed by atoms with E-state index in [4.69, 9.17) is 14.9 Å². The fourth-order valence-corrected chi connectivity index (χ4v) is 2.34. The van der Waals surface area contributed by atoms with E-state index >= 15 is 0 Å². The van der Waals surface area contributed by atoms with Crippen molar-refractivity contribution < 1.29 is 24.5 Å². The van der Waals surface area contributed by atoms with Crippen LogP contribution in [0.15, 0.2) is 11.1 Å². The summed E-state index contributed by atoms with van der Waals surface area (Å²) in [6.45, 7) is 5.90. The van der Waals surface area contributed by atoms with Gasteiger partial charge in [-0.2, -0.15) is 0 Å². The second kappa shape index (κ2) is 8.71. The van der Waals surface area contributed by atoms with Crippen LogP contribution in [0, 0.1) is 0 Å². The van der Waals surface area contributed by atoms with Crippen LogP contribution >= 0.6 is 0 Å². The van der Waals surface area contributed by atoms with Crippen LogP contribution < -0.4 is 0 Å². The Morgan fingerprint density at radius 1 is 1.05 bits per heavy atom. The number of ether oxygens (including phenoxy) is 1. The number of hydrogen-bond donors (Lipinski definition) is 2. The molecule has 1 aliphatic heterocycles. The third kappa shape index (κ3) is 5.30. The molecule has 20 heavy (non-hydrogen) atoms. The molecule has 1 aliphatic rings. The third-order valence-electron chi connectivity index (χ3n) is 3.49. The summed E-state index contributed by atoms with van der Waals surface area (Å²) in [6, 6.07) is 0. The minimum atomic E-state index is -1.13. The summed E-state index contributed by atoms with van der Waals surface area (Å²) >= 11 is 0. The third-order valence-corrected chi connectivity index (χ3v) is 3.49. The molecular formula is C14H23NO5. The van der Waals surface area contributed by atoms with Gasteiger partial charge in [0.05, 0.1) is 13.2 Å². The number of morpholine rings is 1. The zero-order chi connectivity index (χ0) is 15.0. The van der Waals surface area contributed by atoms with Gasteiger partial charge >= 0.3 is 11.9 Å². The van der Waals surface area contributed by atoms with Crippen LogP contribution in [0.3, 0.4) is 0 Å². The molecule has 0 aromatic rings. The molecule has 2 N–H and O–H groups in total. The van der Waals surface area contributed by atoms with E-state index in [2.05, 4.69) is 4.90 Å². The Bertz CT molecular complexity index is 372. The molecule has 0 aromatic carbocycles. The highest BCUT2D eigenvalue weighted by Gasteiger charge is 2.18. The molecule has 0 unspecified atom stereocenters. The quantitative estimate of drug-likeness (QED) is 0.517. The van der Waals surface area contributed by atoms with Gasteiger partial charge in [-0.1, -0.05) is 6.92 Å². The van der Waals surface area contributed by atoms with Gasteiger partial charge in [0, 0.05) is 24.2 Å². The van der Waals surface area contributed by atoms with Crippen LogP contribution in [0.2, 0.25) is 0 Å². The average Bonchev–Trinajstić information content (AvgIpc) is 2.42. The molecular weight excluding hydrogens is 262 g/mol. The molecule has 114 valence electrons. The Hall–Kier alpha value is -1.40. The molecule has 0 atom stereocenters. The number of aliphatic carboxylic acids is 2. The second-order valence-corrected chi connectivity index (χ2v) is 4.83. The molecule has 1 fully saturated rings. The van der Waals surface area contributed by atoms with Crippen LogP contribution in [-0.2, 0) is 14.3 Å². The standard InChI is InChI=1S/C14H23NO5/c1-2-11(13(16)17)12(14(18)19)5-3-4-6-15-7-9-20-10-8-15/h2-10H2,1H3,(H,16,17)(H,18,19). The predicted molar refractivity (Wildman–Crippen MR) is 73.7 cm³/mol. The molecule has 1 heterocycles. The lowest BCUT2D eigenvalue weighted by molar-refractivity contribution is -0.136. The zero-order valence-electron chi connectivity index (χ0n) is 11.9. The first kappa shape index (κ1) is 16.7. The van der Waals surface area contributed by atoms with Crippen molar-refractivity contribution in [1.82, 2.24) is 4.90 Å². The maximum Gasteiger partial charge on any atom is 0.332 e. The van der Waals surface area contributed by atoms with Crippen LogP contribution in [0.4, 0.5) is 0 Å². The van der Waals surface area contributed by atoms with Crippen molar-refractivity contribution in [3.63, 3.8) is 0 Å². The van der Waals surface area contributed by atoms with E-state index in [1.807, 2.05) is 0 Å². The normalized spacial score (nSPS) is 17.6. The lowest BCUT2D eigenvalue weighted by Gasteiger charge is -2.26. The summed E-state index contributed by atoms with van der Waals surface area (Å²) in [5.41, 5.74) is 0.0610. The number of carboxylic acids is 2. The molecule has 1 rings (SSSR count). The molecule has 0 amide bonds. The maximum atomic E-state index is 11.2. The smallest absolute Gasteiger partial charge is 0.332 e. The summed E-state index contributed by atoms with van der Waals surface area (Å²) in [7, 11) is 0. The average molecular weight is 285 g/mol. The van der Waals surface area contributed by atoms with Crippen molar-refractivity contribution in [2.75, 3.05) is 32.8 Å². The maximum absolute atomic E-state index is 11.2. The van der Waals surface area contributed by atoms with E-state index in [1.165, 1.54) is 0 Å². The van der Waals surface area contributed by atoms with Crippen molar-refractivity contribution in [3.05, 3.63) is 11.1 Å². The topological polar surface area (TPSA) is 87.1 Å². The van der Waals surface area contributed by atoms with Crippen LogP contribution in [0.5, 0.6) is 0 Å². The minimum absolute atomic E-state index is 0.0175. The highest BCUT2D eigenvalue weighted by Crippen LogP contribution is 2.17. The Kier molecular flexibility index (Phi) is 7.25. The van der Waals surface area contributed by atoms with Gasteiger partial charge in [-0.3, -0.25) is 4.90 Å². The molecule has 0 aromatic heterocycles. The molecule has 0 saturated carbocycles. The van der Waals surface area contributed by atoms with Gasteiger partial charge in [-0.25, -0.2) is 9.59 Å². The Balaban J connectivity index is 2.43. The minimum Gasteiger partial charge on any atom is -0.478 e. The van der Waals surface area contributed by atoms with Gasteiger partial charge in [-0.15, -0.1) is 0 Å². The summed E-state index contributed by atoms with van der Waals surface area (Å²) in [6.07, 6.45) is 2.11. The van der Waals surface area contributed by atoms with E-state index in [0.29, 0.717) is 12.8 Å². The summed E-state index contributed by atoms with van der Waals surface area (Å²) in [5, 5.41) is 18.1. The molecule has 0 spiro atoms. The van der Waals surface area contributed by atoms with Gasteiger partial charge in [0.15, 0.2) is 0 Å². The van der Waals surface area contributed by atoms with Gasteiger partial charge in [0.1, 0.15) is 0 Å². The van der Waals surface area contributed by atoms with Gasteiger partial charge in [-0.05, 0) is 32.2 Å². The molecule has 6 heteroatoms. The fraction of sp³-hybridized carbons (Fsp3) is 0.714. The van der Waals surface area contributed by atoms with Gasteiger partial charge in [0.25, 0.3) is 0 Å². The molecule has 0 radical (unpaired) electrons. The van der Waals surface area contributed by atoms with Crippen molar-refractivity contribution in [2.45, 2.75) is 32.6 Å². The highest BCUT2D eigenvalue weighted by molar-refractivity contribution is 5.98. The lowest BCUT2D eigenvalue weighted by atomic mass is 10.0. The van der Waals surface area contributed by atoms with E-state index in [9.17, 15) is 9.59 Å². The van der Waals surface area contributed by atoms with E-state index in [-0.39, 0.29) is 17.6 Å². The largest absolute Gasteiger partial charge is 0.478 e. The number of carbonyl (C=O) groups is 2. The van der Waals surface area contributed by atoms with E-state index < -0.39 is 11.9 Å². The van der Waals surface area contributed by atoms with E-state index in [0.717, 1.165) is 39.3 Å². The summed E-state index contributed by atoms with van der Waals surface area (Å²) in [5.74, 6) is -2.24. The molecule has 1 saturated heterocycles. The highest BCUT2D eigenvalue weighted by atomic mass is 16.5. The van der Waals surface area contributed by atoms with Crippen molar-refractivity contribution in [2.24, 2.45) is 0 Å². The molecule has 6 nitrogen and oxygen atoms in total. The number of unbranched alkanes of at least 4 members (excludes halogenated alkanes) is 1. The summed E-state index contributed by atoms with van der Waals surface area (Å²) in [4.78, 5) is 24.4. The summed E-state index contributed by atoms with van der Waals surface area (Å²) < 4.78 is 5.26. The fourth-order valence-electron chi connectivity index (χ4n) is 2.34. The van der Waals surface area contributed by atoms with Crippen LogP contribution in [0.1, 0.15) is 32.6 Å². The number of carboxylic acid groups (broad SMARTS) is 2. The SMILES string of the molecule is CCC(C(=O)O)=C(CCCCN1CCOCC1)C(=O)O. The Labute approximate surface area is 119 Å². The molecule has 0 aliphatic carbocycles. The number of nitrogens with zero attached hydrogens (tertiary/aromatic N) is 1. The van der Waals surface area contributed by atoms with Gasteiger partial charge in [0.2, 0.25) is 0 Å². The monoisotopic (exact) mass is 285 g/mol. The van der Waals surface area contributed by atoms with Crippen molar-refractivity contribution in [1.29, 1.82) is 0 Å². The number of rotatable bonds is 8. The Morgan fingerprint density at radius 3 is 2.15 bits per heavy atom. The predicted octanol–water partition coefficient (Wildman–Crippen LogP) is 1.36. The first-order valence-electron chi connectivity index (χ1n) is 7.05. The van der Waals surface area contributed by atoms with Crippen molar-refractivity contribution >= 4 is 11.9 Å². The lowest BCUT2D eigenvalue weighted by Crippen LogP contribution is -2.36. The zero-order valence-corrected chi connectivity index (χ0v) is 11.9. The first-order chi connectivity index (χ1) is 9.56. The van der Waals surface area contributed by atoms with Gasteiger partial charge < -0.3 is 14.9 Å². The Morgan fingerprint density at radius 2 is 1.65 bits per heavy atom. The molecule has 0 bridgehead atoms. The second-order valence-electron chi connectivity index (χ2n) is 4.83. The van der Waals surface area contributed by atoms with Crippen LogP contribution in [-0.4, -0.2) is 59.9 Å². The first-order valence-corrected chi connectivity index (χ1v) is 7.05. The van der Waals surface area contributed by atoms with Crippen molar-refractivity contribution in [3.8, 4) is 0 Å². The van der Waals surface area contributed by atoms with Crippen LogP contribution in [0.25, 0.3) is 0 Å². The van der Waals surface area contributed by atoms with E-state index in [1.54, 1.807) is 6.92 Å². The number of hydrogen-bond acceptors (Lipinski definition) is 4.